The molecule has 40 heavy (non-hydrogen) atoms. The molecular formula is C29H21Cl2N5O3S. The van der Waals surface area contributed by atoms with Gasteiger partial charge < -0.3 is 4.98 Å². The second-order valence-corrected chi connectivity index (χ2v) is 11.0. The van der Waals surface area contributed by atoms with Gasteiger partial charge in [0.1, 0.15) is 5.82 Å². The third kappa shape index (κ3) is 5.11. The van der Waals surface area contributed by atoms with E-state index in [0.717, 1.165) is 33.6 Å². The lowest BCUT2D eigenvalue weighted by Gasteiger charge is -2.22. The maximum absolute atomic E-state index is 13.6. The summed E-state index contributed by atoms with van der Waals surface area (Å²) in [4.78, 5) is 44.0. The van der Waals surface area contributed by atoms with Crippen molar-refractivity contribution < 1.29 is 4.79 Å². The predicted octanol–water partition coefficient (Wildman–Crippen LogP) is 5.96. The van der Waals surface area contributed by atoms with Gasteiger partial charge in [-0.1, -0.05) is 65.7 Å². The molecule has 0 unspecified atom stereocenters. The number of aromatic nitrogens is 3. The van der Waals surface area contributed by atoms with Gasteiger partial charge in [0.2, 0.25) is 5.91 Å². The highest BCUT2D eigenvalue weighted by Crippen LogP contribution is 2.37. The molecule has 0 fully saturated rings. The molecule has 3 heterocycles. The number of pyridine rings is 1. The number of para-hydroxylation sites is 1. The molecule has 8 nitrogen and oxygen atoms in total. The number of nitrogens with zero attached hydrogens (tertiary/aromatic N) is 3. The molecule has 6 rings (SSSR count). The number of aryl methyl sites for hydroxylation is 1. The highest BCUT2D eigenvalue weighted by atomic mass is 35.5. The summed E-state index contributed by atoms with van der Waals surface area (Å²) in [5, 5.41) is 8.20. The number of carbonyl (C=O) groups excluding carboxylic acids is 1. The molecule has 3 aromatic carbocycles. The minimum atomic E-state index is -0.446. The first-order valence-electron chi connectivity index (χ1n) is 12.5. The topological polar surface area (TPSA) is 111 Å². The molecule has 2 N–H and O–H groups in total. The molecule has 2 aromatic heterocycles. The van der Waals surface area contributed by atoms with Crippen LogP contribution >= 0.6 is 34.7 Å². The van der Waals surface area contributed by atoms with E-state index in [-0.39, 0.29) is 29.2 Å². The molecule has 1 aliphatic rings. The Balaban J connectivity index is 1.47. The fourth-order valence-electron chi connectivity index (χ4n) is 4.98. The van der Waals surface area contributed by atoms with Crippen LogP contribution in [0.5, 0.6) is 0 Å². The van der Waals surface area contributed by atoms with Gasteiger partial charge in [0.05, 0.1) is 17.3 Å². The van der Waals surface area contributed by atoms with Crippen molar-refractivity contribution in [3.8, 4) is 11.1 Å². The van der Waals surface area contributed by atoms with Crippen LogP contribution < -0.4 is 10.4 Å². The van der Waals surface area contributed by atoms with Crippen LogP contribution in [0.1, 0.15) is 35.8 Å². The number of amides is 1. The highest BCUT2D eigenvalue weighted by Gasteiger charge is 2.35. The largest absolute Gasteiger partial charge is 0.323 e. The fraction of sp³-hybridized carbons (Fsp3) is 0.138. The minimum Gasteiger partial charge on any atom is -0.321 e. The Morgan fingerprint density at radius 1 is 0.925 bits per heavy atom. The van der Waals surface area contributed by atoms with Crippen molar-refractivity contribution in [1.82, 2.24) is 19.4 Å². The maximum atomic E-state index is 13.6. The number of hydrazone groups is 1. The monoisotopic (exact) mass is 589 g/mol. The first-order valence-corrected chi connectivity index (χ1v) is 14.0. The summed E-state index contributed by atoms with van der Waals surface area (Å²) in [6, 6.07) is 21.7. The van der Waals surface area contributed by atoms with Crippen LogP contribution in [-0.2, 0) is 11.2 Å². The second kappa shape index (κ2) is 10.8. The molecule has 0 radical (unpaired) electrons. The summed E-state index contributed by atoms with van der Waals surface area (Å²) in [6.07, 6.45) is 0.667. The predicted molar refractivity (Wildman–Crippen MR) is 158 cm³/mol. The molecule has 0 aliphatic carbocycles. The van der Waals surface area contributed by atoms with E-state index in [9.17, 15) is 14.4 Å². The first kappa shape index (κ1) is 26.2. The van der Waals surface area contributed by atoms with E-state index >= 15 is 0 Å². The third-order valence-corrected chi connectivity index (χ3v) is 7.91. The van der Waals surface area contributed by atoms with Gasteiger partial charge in [-0.15, -0.1) is 0 Å². The van der Waals surface area contributed by atoms with Crippen LogP contribution in [-0.4, -0.2) is 31.0 Å². The Hall–Kier alpha value is -4.05. The quantitative estimate of drug-likeness (QED) is 0.254. The van der Waals surface area contributed by atoms with Crippen molar-refractivity contribution in [2.45, 2.75) is 25.3 Å². The van der Waals surface area contributed by atoms with Crippen LogP contribution in [0.4, 0.5) is 0 Å². The SMILES string of the molecule is O=C(CCc1nsc(=O)[nH]1)N1N=C(c2c(-c3ccc(Cl)cc3)c3ccccc3[nH]c2=O)C[C@H]1c1ccc(Cl)cc1. The van der Waals surface area contributed by atoms with E-state index in [1.54, 1.807) is 24.3 Å². The number of halogens is 2. The van der Waals surface area contributed by atoms with Crippen molar-refractivity contribution in [3.63, 3.8) is 0 Å². The summed E-state index contributed by atoms with van der Waals surface area (Å²) < 4.78 is 4.05. The lowest BCUT2D eigenvalue weighted by molar-refractivity contribution is -0.133. The van der Waals surface area contributed by atoms with Gasteiger partial charge in [0.25, 0.3) is 5.56 Å². The number of aromatic amines is 2. The van der Waals surface area contributed by atoms with Crippen molar-refractivity contribution in [1.29, 1.82) is 0 Å². The zero-order valence-electron chi connectivity index (χ0n) is 20.9. The molecule has 1 amide bonds. The first-order chi connectivity index (χ1) is 19.4. The van der Waals surface area contributed by atoms with Crippen molar-refractivity contribution in [2.75, 3.05) is 0 Å². The summed E-state index contributed by atoms with van der Waals surface area (Å²) in [7, 11) is 0. The van der Waals surface area contributed by atoms with Gasteiger partial charge in [0, 0.05) is 57.3 Å². The van der Waals surface area contributed by atoms with E-state index in [1.165, 1.54) is 5.01 Å². The molecule has 0 spiro atoms. The van der Waals surface area contributed by atoms with E-state index in [2.05, 4.69) is 14.3 Å². The van der Waals surface area contributed by atoms with Crippen LogP contribution in [0.3, 0.4) is 0 Å². The summed E-state index contributed by atoms with van der Waals surface area (Å²) >= 11 is 13.1. The molecule has 0 saturated heterocycles. The molecule has 0 saturated carbocycles. The second-order valence-electron chi connectivity index (χ2n) is 9.35. The molecular weight excluding hydrogens is 569 g/mol. The smallest absolute Gasteiger partial charge is 0.321 e. The summed E-state index contributed by atoms with van der Waals surface area (Å²) in [5.41, 5.74) is 3.66. The van der Waals surface area contributed by atoms with E-state index < -0.39 is 6.04 Å². The van der Waals surface area contributed by atoms with Crippen molar-refractivity contribution in [2.24, 2.45) is 5.10 Å². The lowest BCUT2D eigenvalue weighted by atomic mass is 9.91. The number of hydrogen-bond donors (Lipinski definition) is 2. The normalized spacial score (nSPS) is 15.0. The number of rotatable bonds is 6. The van der Waals surface area contributed by atoms with Gasteiger partial charge >= 0.3 is 4.87 Å². The lowest BCUT2D eigenvalue weighted by Crippen LogP contribution is -2.27. The number of benzene rings is 3. The molecule has 200 valence electrons. The number of nitrogens with one attached hydrogen (secondary N) is 2. The number of carbonyl (C=O) groups is 1. The zero-order valence-corrected chi connectivity index (χ0v) is 23.2. The van der Waals surface area contributed by atoms with Gasteiger partial charge in [-0.25, -0.2) is 5.01 Å². The van der Waals surface area contributed by atoms with Crippen LogP contribution in [0.25, 0.3) is 22.0 Å². The van der Waals surface area contributed by atoms with Crippen LogP contribution in [0, 0.1) is 0 Å². The number of H-pyrrole nitrogens is 2. The summed E-state index contributed by atoms with van der Waals surface area (Å²) in [6.45, 7) is 0. The molecule has 0 bridgehead atoms. The van der Waals surface area contributed by atoms with Gasteiger partial charge in [0.15, 0.2) is 0 Å². The van der Waals surface area contributed by atoms with E-state index in [1.807, 2.05) is 48.5 Å². The minimum absolute atomic E-state index is 0.0820. The van der Waals surface area contributed by atoms with Crippen molar-refractivity contribution >= 4 is 57.3 Å². The Morgan fingerprint density at radius 2 is 1.62 bits per heavy atom. The standard InChI is InChI=1S/C29H21Cl2N5O3S/c30-18-9-5-16(6-10-18)23-15-22(34-36(23)25(37)14-13-24-33-29(39)40-35-24)27-26(17-7-11-19(31)12-8-17)20-3-1-2-4-21(20)32-28(27)38/h1-12,23H,13-15H2,(H,32,38)(H,33,35,39)/t23-/m0/s1. The molecule has 5 aromatic rings. The number of hydrogen-bond acceptors (Lipinski definition) is 6. The molecule has 1 atom stereocenters. The Kier molecular flexibility index (Phi) is 7.10. The van der Waals surface area contributed by atoms with Crippen molar-refractivity contribution in [3.05, 3.63) is 120 Å². The zero-order chi connectivity index (χ0) is 27.8. The van der Waals surface area contributed by atoms with E-state index in [0.29, 0.717) is 39.1 Å². The third-order valence-electron chi connectivity index (χ3n) is 6.82. The Bertz CT molecular complexity index is 1880. The van der Waals surface area contributed by atoms with Crippen LogP contribution in [0.2, 0.25) is 10.0 Å². The van der Waals surface area contributed by atoms with Gasteiger partial charge in [-0.05, 0) is 41.5 Å². The van der Waals surface area contributed by atoms with Crippen LogP contribution in [0.15, 0.2) is 87.5 Å². The average Bonchev–Trinajstić information content (AvgIpc) is 3.58. The Morgan fingerprint density at radius 3 is 2.33 bits per heavy atom. The molecule has 1 aliphatic heterocycles. The molecule has 11 heteroatoms. The van der Waals surface area contributed by atoms with Gasteiger partial charge in [-0.3, -0.25) is 19.4 Å². The van der Waals surface area contributed by atoms with E-state index in [4.69, 9.17) is 28.3 Å². The Labute approximate surface area is 242 Å². The highest BCUT2D eigenvalue weighted by molar-refractivity contribution is 7.02. The maximum Gasteiger partial charge on any atom is 0.323 e. The number of fused-ring (bicyclic) bond motifs is 1. The summed E-state index contributed by atoms with van der Waals surface area (Å²) in [5.74, 6) is 0.194. The fourth-order valence-corrected chi connectivity index (χ4v) is 5.72. The van der Waals surface area contributed by atoms with Gasteiger partial charge in [-0.2, -0.15) is 9.47 Å². The average molecular weight is 590 g/mol.